The minimum absolute atomic E-state index is 0.0117. The number of piperidine rings is 1. The maximum Gasteiger partial charge on any atom is 0.254 e. The van der Waals surface area contributed by atoms with Crippen LogP contribution in [0.1, 0.15) is 68.5 Å². The summed E-state index contributed by atoms with van der Waals surface area (Å²) < 4.78 is 12.5. The van der Waals surface area contributed by atoms with Crippen LogP contribution >= 0.6 is 23.2 Å². The lowest BCUT2D eigenvalue weighted by atomic mass is 9.88. The molecule has 10 heteroatoms. The number of hydrogen-bond donors (Lipinski definition) is 1. The number of likely N-dealkylation sites (N-methyl/N-ethyl adjacent to an activating group) is 1. The molecule has 4 aromatic carbocycles. The Morgan fingerprint density at radius 1 is 1.04 bits per heavy atom. The van der Waals surface area contributed by atoms with E-state index in [1.54, 1.807) is 48.5 Å². The molecular weight excluding hydrogens is 639 g/mol. The maximum absolute atomic E-state index is 13.8. The Bertz CT molecular complexity index is 1850. The van der Waals surface area contributed by atoms with Gasteiger partial charge in [-0.1, -0.05) is 59.6 Å². The standard InChI is InChI=1S/C36H36Cl2N4O3S/c1-41(36(44)31-18-23(21-39)17-26-5-3-4-6-29(26)31)22-28(25-8-10-32(37)33(38)19-25)13-16-42-14-11-24(12-15-42)30-9-7-27(35(40)43)20-34(30)46(2)45/h3-10,17-20,24,28H,11-16,22H2,1-2H3,(H2,40,43)/t28-,46?/m1/s1. The molecule has 7 nitrogen and oxygen atoms in total. The summed E-state index contributed by atoms with van der Waals surface area (Å²) in [5, 5.41) is 12.2. The molecule has 1 aliphatic heterocycles. The van der Waals surface area contributed by atoms with Crippen molar-refractivity contribution in [2.75, 3.05) is 39.5 Å². The fourth-order valence-electron chi connectivity index (χ4n) is 6.38. The lowest BCUT2D eigenvalue weighted by Gasteiger charge is -2.34. The van der Waals surface area contributed by atoms with E-state index in [0.717, 1.165) is 60.8 Å². The molecule has 0 aromatic heterocycles. The van der Waals surface area contributed by atoms with Gasteiger partial charge in [0.05, 0.1) is 32.5 Å². The first-order chi connectivity index (χ1) is 22.0. The number of benzene rings is 4. The van der Waals surface area contributed by atoms with Crippen LogP contribution in [0.4, 0.5) is 0 Å². The third-order valence-electron chi connectivity index (χ3n) is 8.91. The number of halogens is 2. The van der Waals surface area contributed by atoms with Crippen LogP contribution in [-0.2, 0) is 10.8 Å². The molecule has 46 heavy (non-hydrogen) atoms. The Kier molecular flexibility index (Phi) is 10.8. The molecule has 1 heterocycles. The molecular formula is C36H36Cl2N4O3S. The smallest absolute Gasteiger partial charge is 0.254 e. The van der Waals surface area contributed by atoms with Gasteiger partial charge in [0.25, 0.3) is 5.91 Å². The predicted octanol–water partition coefficient (Wildman–Crippen LogP) is 6.98. The van der Waals surface area contributed by atoms with Gasteiger partial charge in [0.1, 0.15) is 0 Å². The number of rotatable bonds is 10. The van der Waals surface area contributed by atoms with Crippen LogP contribution in [0.25, 0.3) is 10.8 Å². The van der Waals surface area contributed by atoms with Crippen LogP contribution in [0, 0.1) is 11.3 Å². The van der Waals surface area contributed by atoms with Crippen molar-refractivity contribution in [2.24, 2.45) is 5.73 Å². The molecule has 2 N–H and O–H groups in total. The number of nitriles is 1. The second kappa shape index (κ2) is 14.8. The number of primary amides is 1. The molecule has 2 amide bonds. The molecule has 0 aliphatic carbocycles. The highest BCUT2D eigenvalue weighted by Gasteiger charge is 2.26. The van der Waals surface area contributed by atoms with Crippen molar-refractivity contribution < 1.29 is 13.8 Å². The van der Waals surface area contributed by atoms with Crippen LogP contribution in [0.15, 0.2) is 77.7 Å². The normalized spacial score (nSPS) is 15.3. The summed E-state index contributed by atoms with van der Waals surface area (Å²) in [6.07, 6.45) is 4.22. The van der Waals surface area contributed by atoms with Gasteiger partial charge in [-0.05, 0) is 103 Å². The van der Waals surface area contributed by atoms with E-state index in [-0.39, 0.29) is 17.7 Å². The minimum Gasteiger partial charge on any atom is -0.366 e. The van der Waals surface area contributed by atoms with Gasteiger partial charge in [-0.25, -0.2) is 0 Å². The average molecular weight is 676 g/mol. The number of nitrogens with two attached hydrogens (primary N) is 1. The molecule has 0 spiro atoms. The van der Waals surface area contributed by atoms with Gasteiger partial charge in [0.15, 0.2) is 0 Å². The lowest BCUT2D eigenvalue weighted by Crippen LogP contribution is -2.36. The van der Waals surface area contributed by atoms with Crippen molar-refractivity contribution in [2.45, 2.75) is 36.0 Å². The Balaban J connectivity index is 1.30. The van der Waals surface area contributed by atoms with Gasteiger partial charge >= 0.3 is 0 Å². The summed E-state index contributed by atoms with van der Waals surface area (Å²) in [5.74, 6) is -0.445. The minimum atomic E-state index is -1.24. The second-order valence-electron chi connectivity index (χ2n) is 11.9. The number of hydrogen-bond acceptors (Lipinski definition) is 5. The first kappa shape index (κ1) is 33.6. The zero-order valence-electron chi connectivity index (χ0n) is 25.8. The number of likely N-dealkylation sites (tertiary alicyclic amines) is 1. The summed E-state index contributed by atoms with van der Waals surface area (Å²) in [6.45, 7) is 3.01. The molecule has 5 rings (SSSR count). The first-order valence-electron chi connectivity index (χ1n) is 15.2. The van der Waals surface area contributed by atoms with E-state index >= 15 is 0 Å². The third-order valence-corrected chi connectivity index (χ3v) is 10.6. The Morgan fingerprint density at radius 2 is 1.78 bits per heavy atom. The topological polar surface area (TPSA) is 108 Å². The Hall–Kier alpha value is -3.74. The van der Waals surface area contributed by atoms with Gasteiger partial charge in [-0.3, -0.25) is 13.8 Å². The number of fused-ring (bicyclic) bond motifs is 1. The molecule has 238 valence electrons. The van der Waals surface area contributed by atoms with Crippen molar-refractivity contribution in [1.82, 2.24) is 9.80 Å². The van der Waals surface area contributed by atoms with Crippen molar-refractivity contribution in [3.05, 3.63) is 111 Å². The van der Waals surface area contributed by atoms with Crippen molar-refractivity contribution >= 4 is 56.6 Å². The van der Waals surface area contributed by atoms with E-state index in [2.05, 4.69) is 11.0 Å². The van der Waals surface area contributed by atoms with Crippen LogP contribution < -0.4 is 5.73 Å². The summed E-state index contributed by atoms with van der Waals surface area (Å²) in [7, 11) is 0.561. The molecule has 2 atom stereocenters. The molecule has 1 fully saturated rings. The molecule has 1 saturated heterocycles. The largest absolute Gasteiger partial charge is 0.366 e. The van der Waals surface area contributed by atoms with Gasteiger partial charge < -0.3 is 15.5 Å². The zero-order chi connectivity index (χ0) is 33.0. The highest BCUT2D eigenvalue weighted by Crippen LogP contribution is 2.34. The molecule has 1 aliphatic rings. The number of nitrogens with zero attached hydrogens (tertiary/aromatic N) is 3. The highest BCUT2D eigenvalue weighted by molar-refractivity contribution is 7.84. The van der Waals surface area contributed by atoms with Crippen LogP contribution in [0.5, 0.6) is 0 Å². The van der Waals surface area contributed by atoms with Gasteiger partial charge in [-0.2, -0.15) is 5.26 Å². The Labute approximate surface area is 282 Å². The van der Waals surface area contributed by atoms with Crippen molar-refractivity contribution in [1.29, 1.82) is 5.26 Å². The van der Waals surface area contributed by atoms with E-state index in [0.29, 0.717) is 38.2 Å². The predicted molar refractivity (Wildman–Crippen MR) is 185 cm³/mol. The second-order valence-corrected chi connectivity index (χ2v) is 14.1. The van der Waals surface area contributed by atoms with Crippen LogP contribution in [0.3, 0.4) is 0 Å². The molecule has 0 bridgehead atoms. The third kappa shape index (κ3) is 7.62. The molecule has 0 radical (unpaired) electrons. The molecule has 0 saturated carbocycles. The monoisotopic (exact) mass is 674 g/mol. The summed E-state index contributed by atoms with van der Waals surface area (Å²) in [6, 6.07) is 24.2. The lowest BCUT2D eigenvalue weighted by molar-refractivity contribution is 0.0783. The average Bonchev–Trinajstić information content (AvgIpc) is 3.06. The van der Waals surface area contributed by atoms with Gasteiger partial charge in [0.2, 0.25) is 5.91 Å². The van der Waals surface area contributed by atoms with Gasteiger partial charge in [-0.15, -0.1) is 0 Å². The quantitative estimate of drug-likeness (QED) is 0.195. The molecule has 1 unspecified atom stereocenters. The van der Waals surface area contributed by atoms with Crippen LogP contribution in [0.2, 0.25) is 10.0 Å². The van der Waals surface area contributed by atoms with E-state index < -0.39 is 16.7 Å². The van der Waals surface area contributed by atoms with E-state index in [4.69, 9.17) is 28.9 Å². The van der Waals surface area contributed by atoms with E-state index in [1.165, 1.54) is 0 Å². The highest BCUT2D eigenvalue weighted by atomic mass is 35.5. The SMILES string of the molecule is CN(C[C@@H](CCN1CCC(c2ccc(C(N)=O)cc2S(C)=O)CC1)c1ccc(Cl)c(Cl)c1)C(=O)c1cc(C#N)cc2ccccc12. The fourth-order valence-corrected chi connectivity index (χ4v) is 7.55. The number of amides is 2. The zero-order valence-corrected chi connectivity index (χ0v) is 28.2. The van der Waals surface area contributed by atoms with Crippen molar-refractivity contribution in [3.8, 4) is 6.07 Å². The van der Waals surface area contributed by atoms with E-state index in [9.17, 15) is 19.1 Å². The fraction of sp³-hybridized carbons (Fsp3) is 0.306. The first-order valence-corrected chi connectivity index (χ1v) is 17.5. The van der Waals surface area contributed by atoms with Crippen molar-refractivity contribution in [3.63, 3.8) is 0 Å². The van der Waals surface area contributed by atoms with Gasteiger partial charge in [0, 0.05) is 41.8 Å². The number of carbonyl (C=O) groups excluding carboxylic acids is 2. The maximum atomic E-state index is 13.8. The van der Waals surface area contributed by atoms with Crippen LogP contribution in [-0.4, -0.2) is 65.3 Å². The summed E-state index contributed by atoms with van der Waals surface area (Å²) in [4.78, 5) is 30.4. The molecule has 4 aromatic rings. The number of carbonyl (C=O) groups is 2. The summed E-state index contributed by atoms with van der Waals surface area (Å²) in [5.41, 5.74) is 8.81. The van der Waals surface area contributed by atoms with E-state index in [1.807, 2.05) is 42.5 Å². The summed E-state index contributed by atoms with van der Waals surface area (Å²) >= 11 is 12.7. The Morgan fingerprint density at radius 3 is 2.46 bits per heavy atom.